The van der Waals surface area contributed by atoms with Crippen molar-refractivity contribution in [2.45, 2.75) is 38.6 Å². The molecule has 0 bridgehead atoms. The molecule has 3 heteroatoms. The van der Waals surface area contributed by atoms with Crippen LogP contribution in [-0.4, -0.2) is 7.11 Å². The van der Waals surface area contributed by atoms with E-state index in [1.807, 2.05) is 0 Å². The van der Waals surface area contributed by atoms with Crippen LogP contribution in [0.2, 0.25) is 0 Å². The summed E-state index contributed by atoms with van der Waals surface area (Å²) in [4.78, 5) is 0. The molecule has 2 rings (SSSR count). The lowest BCUT2D eigenvalue weighted by Gasteiger charge is -2.21. The van der Waals surface area contributed by atoms with E-state index in [4.69, 9.17) is 10.5 Å². The Kier molecular flexibility index (Phi) is 3.18. The van der Waals surface area contributed by atoms with E-state index in [1.54, 1.807) is 7.11 Å². The van der Waals surface area contributed by atoms with Gasteiger partial charge >= 0.3 is 0 Å². The third-order valence-electron chi connectivity index (χ3n) is 3.55. The normalized spacial score (nSPS) is 17.3. The van der Waals surface area contributed by atoms with E-state index in [1.165, 1.54) is 21.1 Å². The summed E-state index contributed by atoms with van der Waals surface area (Å²) < 4.78 is 6.73. The molecular weight excluding hydrogens is 313 g/mol. The first-order valence-electron chi connectivity index (χ1n) is 5.60. The van der Waals surface area contributed by atoms with E-state index in [0.29, 0.717) is 6.54 Å². The van der Waals surface area contributed by atoms with Gasteiger partial charge in [-0.05, 0) is 58.0 Å². The summed E-state index contributed by atoms with van der Waals surface area (Å²) in [5.41, 5.74) is 10.1. The summed E-state index contributed by atoms with van der Waals surface area (Å²) in [6, 6.07) is 2.24. The van der Waals surface area contributed by atoms with Gasteiger partial charge in [0.2, 0.25) is 0 Å². The maximum absolute atomic E-state index is 5.79. The van der Waals surface area contributed by atoms with Crippen LogP contribution in [0.15, 0.2) is 6.07 Å². The van der Waals surface area contributed by atoms with Crippen molar-refractivity contribution in [1.29, 1.82) is 0 Å². The highest BCUT2D eigenvalue weighted by Gasteiger charge is 2.33. The van der Waals surface area contributed by atoms with Crippen LogP contribution in [0.3, 0.4) is 0 Å². The molecule has 2 nitrogen and oxygen atoms in total. The number of methoxy groups -OCH3 is 1. The molecule has 0 amide bonds. The van der Waals surface area contributed by atoms with E-state index in [9.17, 15) is 0 Å². The minimum atomic E-state index is 0.283. The number of nitrogens with two attached hydrogens (primary N) is 1. The van der Waals surface area contributed by atoms with E-state index in [2.05, 4.69) is 42.5 Å². The van der Waals surface area contributed by atoms with E-state index in [-0.39, 0.29) is 5.41 Å². The molecule has 0 saturated carbocycles. The van der Waals surface area contributed by atoms with Gasteiger partial charge in [0.1, 0.15) is 5.75 Å². The van der Waals surface area contributed by atoms with Gasteiger partial charge in [-0.1, -0.05) is 13.8 Å². The zero-order chi connectivity index (χ0) is 11.9. The van der Waals surface area contributed by atoms with Crippen LogP contribution in [0.5, 0.6) is 5.75 Å². The Morgan fingerprint density at radius 1 is 1.50 bits per heavy atom. The monoisotopic (exact) mass is 331 g/mol. The van der Waals surface area contributed by atoms with Crippen LogP contribution in [0.4, 0.5) is 0 Å². The number of halogens is 1. The first kappa shape index (κ1) is 12.2. The van der Waals surface area contributed by atoms with Gasteiger partial charge in [0.15, 0.2) is 0 Å². The van der Waals surface area contributed by atoms with Gasteiger partial charge in [0.05, 0.1) is 10.7 Å². The van der Waals surface area contributed by atoms with Crippen molar-refractivity contribution in [2.24, 2.45) is 5.73 Å². The van der Waals surface area contributed by atoms with E-state index < -0.39 is 0 Å². The Morgan fingerprint density at radius 3 is 2.75 bits per heavy atom. The number of ether oxygens (including phenoxy) is 1. The summed E-state index contributed by atoms with van der Waals surface area (Å²) >= 11 is 2.39. The lowest BCUT2D eigenvalue weighted by atomic mass is 9.86. The Balaban J connectivity index is 2.66. The van der Waals surface area contributed by atoms with Crippen LogP contribution in [0, 0.1) is 3.57 Å². The predicted molar refractivity (Wildman–Crippen MR) is 74.9 cm³/mol. The third kappa shape index (κ3) is 1.74. The van der Waals surface area contributed by atoms with Gasteiger partial charge in [-0.25, -0.2) is 0 Å². The van der Waals surface area contributed by atoms with Crippen LogP contribution >= 0.6 is 22.6 Å². The van der Waals surface area contributed by atoms with E-state index >= 15 is 0 Å². The number of benzene rings is 1. The Bertz CT molecular complexity index is 426. The van der Waals surface area contributed by atoms with Crippen molar-refractivity contribution < 1.29 is 4.74 Å². The van der Waals surface area contributed by atoms with Crippen molar-refractivity contribution >= 4 is 22.6 Å². The average molecular weight is 331 g/mol. The number of fused-ring (bicyclic) bond motifs is 1. The molecular formula is C13H18INO. The molecule has 0 aliphatic heterocycles. The molecule has 1 aromatic rings. The fourth-order valence-corrected chi connectivity index (χ4v) is 3.64. The molecule has 0 fully saturated rings. The van der Waals surface area contributed by atoms with Gasteiger partial charge in [-0.3, -0.25) is 0 Å². The molecule has 0 radical (unpaired) electrons. The van der Waals surface area contributed by atoms with Crippen LogP contribution in [0.25, 0.3) is 0 Å². The van der Waals surface area contributed by atoms with Crippen molar-refractivity contribution in [3.05, 3.63) is 26.3 Å². The molecule has 1 aliphatic rings. The molecule has 1 aromatic carbocycles. The van der Waals surface area contributed by atoms with Crippen LogP contribution in [0.1, 0.15) is 37.0 Å². The van der Waals surface area contributed by atoms with Crippen LogP contribution < -0.4 is 10.5 Å². The number of rotatable bonds is 2. The zero-order valence-electron chi connectivity index (χ0n) is 10.1. The van der Waals surface area contributed by atoms with E-state index in [0.717, 1.165) is 17.7 Å². The Morgan fingerprint density at radius 2 is 2.19 bits per heavy atom. The maximum Gasteiger partial charge on any atom is 0.136 e. The fraction of sp³-hybridized carbons (Fsp3) is 0.538. The fourth-order valence-electron chi connectivity index (χ4n) is 2.52. The van der Waals surface area contributed by atoms with Crippen molar-refractivity contribution in [3.63, 3.8) is 0 Å². The topological polar surface area (TPSA) is 35.2 Å². The molecule has 0 spiro atoms. The lowest BCUT2D eigenvalue weighted by molar-refractivity contribution is 0.406. The first-order valence-corrected chi connectivity index (χ1v) is 6.68. The molecule has 1 aliphatic carbocycles. The number of hydrogen-bond acceptors (Lipinski definition) is 2. The highest BCUT2D eigenvalue weighted by Crippen LogP contribution is 2.44. The third-order valence-corrected chi connectivity index (χ3v) is 4.69. The molecule has 88 valence electrons. The summed E-state index contributed by atoms with van der Waals surface area (Å²) in [5.74, 6) is 0.972. The molecule has 0 saturated heterocycles. The predicted octanol–water partition coefficient (Wildman–Crippen LogP) is 2.98. The molecule has 0 aromatic heterocycles. The second-order valence-corrected chi connectivity index (χ2v) is 6.08. The van der Waals surface area contributed by atoms with Crippen molar-refractivity contribution in [3.8, 4) is 5.75 Å². The summed E-state index contributed by atoms with van der Waals surface area (Å²) in [5, 5.41) is 0. The average Bonchev–Trinajstić information content (AvgIpc) is 2.55. The van der Waals surface area contributed by atoms with Gasteiger partial charge in [0.25, 0.3) is 0 Å². The lowest BCUT2D eigenvalue weighted by Crippen LogP contribution is -2.13. The van der Waals surface area contributed by atoms with Crippen molar-refractivity contribution in [2.75, 3.05) is 7.11 Å². The molecule has 2 N–H and O–H groups in total. The first-order chi connectivity index (χ1) is 7.51. The van der Waals surface area contributed by atoms with Gasteiger partial charge in [-0.2, -0.15) is 0 Å². The second-order valence-electron chi connectivity index (χ2n) is 5.00. The highest BCUT2D eigenvalue weighted by molar-refractivity contribution is 14.1. The largest absolute Gasteiger partial charge is 0.495 e. The molecule has 0 heterocycles. The highest BCUT2D eigenvalue weighted by atomic mass is 127. The Hall–Kier alpha value is -0.290. The standard InChI is InChI=1S/C13H18INO/c1-13(2)5-4-9-10(13)6-8(7-15)12(16-3)11(9)14/h6H,4-5,7,15H2,1-3H3. The van der Waals surface area contributed by atoms with Gasteiger partial charge < -0.3 is 10.5 Å². The minimum absolute atomic E-state index is 0.283. The Labute approximate surface area is 111 Å². The van der Waals surface area contributed by atoms with Crippen LogP contribution in [-0.2, 0) is 18.4 Å². The zero-order valence-corrected chi connectivity index (χ0v) is 12.2. The summed E-state index contributed by atoms with van der Waals surface area (Å²) in [6.45, 7) is 5.16. The smallest absolute Gasteiger partial charge is 0.136 e. The summed E-state index contributed by atoms with van der Waals surface area (Å²) in [7, 11) is 1.73. The minimum Gasteiger partial charge on any atom is -0.495 e. The van der Waals surface area contributed by atoms with Gasteiger partial charge in [-0.15, -0.1) is 0 Å². The molecule has 0 unspecified atom stereocenters. The maximum atomic E-state index is 5.79. The summed E-state index contributed by atoms with van der Waals surface area (Å²) in [6.07, 6.45) is 2.37. The quantitative estimate of drug-likeness (QED) is 0.846. The van der Waals surface area contributed by atoms with Gasteiger partial charge in [0, 0.05) is 12.1 Å². The SMILES string of the molecule is COc1c(CN)cc2c(c1I)CCC2(C)C. The number of hydrogen-bond donors (Lipinski definition) is 1. The van der Waals surface area contributed by atoms with Crippen molar-refractivity contribution in [1.82, 2.24) is 0 Å². The molecule has 16 heavy (non-hydrogen) atoms. The second kappa shape index (κ2) is 4.18. The molecule has 0 atom stereocenters.